The Kier molecular flexibility index (Phi) is 7.82. The number of piperidine rings is 1. The summed E-state index contributed by atoms with van der Waals surface area (Å²) in [6.45, 7) is 6.42. The van der Waals surface area contributed by atoms with E-state index in [2.05, 4.69) is 28.6 Å². The van der Waals surface area contributed by atoms with E-state index in [1.165, 1.54) is 32.4 Å². The van der Waals surface area contributed by atoms with Gasteiger partial charge in [0.1, 0.15) is 18.1 Å². The summed E-state index contributed by atoms with van der Waals surface area (Å²) in [7, 11) is 0. The Labute approximate surface area is 196 Å². The van der Waals surface area contributed by atoms with Gasteiger partial charge in [-0.25, -0.2) is 4.98 Å². The third kappa shape index (κ3) is 6.36. The van der Waals surface area contributed by atoms with Gasteiger partial charge >= 0.3 is 0 Å². The van der Waals surface area contributed by atoms with Crippen LogP contribution in [0.2, 0.25) is 5.02 Å². The van der Waals surface area contributed by atoms with E-state index in [-0.39, 0.29) is 0 Å². The molecule has 4 rings (SSSR count). The lowest BCUT2D eigenvalue weighted by atomic mass is 9.94. The van der Waals surface area contributed by atoms with E-state index in [0.29, 0.717) is 0 Å². The van der Waals surface area contributed by atoms with Crippen LogP contribution in [0.3, 0.4) is 0 Å². The van der Waals surface area contributed by atoms with E-state index < -0.39 is 0 Å². The van der Waals surface area contributed by atoms with Crippen molar-refractivity contribution < 1.29 is 4.74 Å². The second-order valence-electron chi connectivity index (χ2n) is 8.26. The van der Waals surface area contributed by atoms with Crippen molar-refractivity contribution in [3.05, 3.63) is 83.1 Å². The first-order chi connectivity index (χ1) is 15.7. The van der Waals surface area contributed by atoms with Gasteiger partial charge in [0.05, 0.1) is 0 Å². The number of rotatable bonds is 6. The van der Waals surface area contributed by atoms with Crippen LogP contribution in [-0.2, 0) is 0 Å². The van der Waals surface area contributed by atoms with Crippen LogP contribution in [0.5, 0.6) is 5.75 Å². The molecule has 1 fully saturated rings. The first-order valence-electron chi connectivity index (χ1n) is 11.4. The Hall–Kier alpha value is -2.80. The van der Waals surface area contributed by atoms with Crippen molar-refractivity contribution in [2.24, 2.45) is 5.92 Å². The lowest BCUT2D eigenvalue weighted by Crippen LogP contribution is -2.36. The summed E-state index contributed by atoms with van der Waals surface area (Å²) in [6, 6.07) is 19.7. The van der Waals surface area contributed by atoms with Gasteiger partial charge in [-0.05, 0) is 85.8 Å². The van der Waals surface area contributed by atoms with Crippen LogP contribution in [0.15, 0.2) is 66.9 Å². The molecular weight excluding hydrogens is 416 g/mol. The van der Waals surface area contributed by atoms with Crippen LogP contribution >= 0.6 is 11.6 Å². The maximum atomic E-state index is 5.96. The third-order valence-electron chi connectivity index (χ3n) is 6.09. The fourth-order valence-electron chi connectivity index (χ4n) is 3.96. The van der Waals surface area contributed by atoms with Crippen molar-refractivity contribution >= 4 is 11.6 Å². The molecule has 1 aliphatic heterocycles. The van der Waals surface area contributed by atoms with Gasteiger partial charge in [0.2, 0.25) is 0 Å². The number of benzene rings is 2. The van der Waals surface area contributed by atoms with E-state index in [9.17, 15) is 0 Å². The fraction of sp³-hybridized carbons (Fsp3) is 0.321. The minimum Gasteiger partial charge on any atom is -0.492 e. The molecular formula is C28H29ClN2O. The van der Waals surface area contributed by atoms with Crippen LogP contribution in [0.4, 0.5) is 0 Å². The fourth-order valence-corrected chi connectivity index (χ4v) is 4.09. The zero-order chi connectivity index (χ0) is 22.2. The van der Waals surface area contributed by atoms with E-state index in [4.69, 9.17) is 16.3 Å². The predicted octanol–water partition coefficient (Wildman–Crippen LogP) is 6.30. The third-order valence-corrected chi connectivity index (χ3v) is 6.34. The Bertz CT molecular complexity index is 1040. The van der Waals surface area contributed by atoms with Gasteiger partial charge in [-0.3, -0.25) is 4.90 Å². The van der Waals surface area contributed by atoms with Crippen LogP contribution in [0, 0.1) is 17.8 Å². The molecule has 0 N–H and O–H groups in total. The van der Waals surface area contributed by atoms with Crippen LogP contribution < -0.4 is 4.74 Å². The Morgan fingerprint density at radius 2 is 1.66 bits per heavy atom. The number of halogens is 1. The first kappa shape index (κ1) is 22.4. The van der Waals surface area contributed by atoms with Crippen molar-refractivity contribution in [1.29, 1.82) is 0 Å². The molecule has 32 heavy (non-hydrogen) atoms. The molecule has 0 saturated carbocycles. The number of pyridine rings is 1. The molecule has 4 heteroatoms. The highest BCUT2D eigenvalue weighted by Crippen LogP contribution is 2.21. The molecule has 0 atom stereocenters. The second-order valence-corrected chi connectivity index (χ2v) is 8.69. The van der Waals surface area contributed by atoms with Gasteiger partial charge in [-0.15, -0.1) is 0 Å². The Balaban J connectivity index is 1.26. The number of nitrogens with zero attached hydrogens (tertiary/aromatic N) is 2. The lowest BCUT2D eigenvalue weighted by Gasteiger charge is -2.31. The van der Waals surface area contributed by atoms with E-state index in [1.54, 1.807) is 0 Å². The normalized spacial score (nSPS) is 14.6. The number of hydrogen-bond donors (Lipinski definition) is 0. The predicted molar refractivity (Wildman–Crippen MR) is 132 cm³/mol. The summed E-state index contributed by atoms with van der Waals surface area (Å²) in [5.41, 5.74) is 3.82. The van der Waals surface area contributed by atoms with Crippen LogP contribution in [-0.4, -0.2) is 36.1 Å². The summed E-state index contributed by atoms with van der Waals surface area (Å²) in [5.74, 6) is 8.12. The number of likely N-dealkylation sites (tertiary alicyclic amines) is 1. The highest BCUT2D eigenvalue weighted by atomic mass is 35.5. The van der Waals surface area contributed by atoms with Crippen molar-refractivity contribution in [3.63, 3.8) is 0 Å². The topological polar surface area (TPSA) is 25.4 Å². The van der Waals surface area contributed by atoms with Crippen LogP contribution in [0.1, 0.15) is 37.4 Å². The highest BCUT2D eigenvalue weighted by molar-refractivity contribution is 6.30. The van der Waals surface area contributed by atoms with Crippen molar-refractivity contribution in [2.75, 3.05) is 26.2 Å². The molecule has 0 unspecified atom stereocenters. The largest absolute Gasteiger partial charge is 0.492 e. The van der Waals surface area contributed by atoms with Crippen molar-refractivity contribution in [1.82, 2.24) is 9.88 Å². The van der Waals surface area contributed by atoms with Gasteiger partial charge in [-0.2, -0.15) is 0 Å². The van der Waals surface area contributed by atoms with E-state index in [1.807, 2.05) is 66.9 Å². The average molecular weight is 445 g/mol. The Morgan fingerprint density at radius 1 is 0.938 bits per heavy atom. The summed E-state index contributed by atoms with van der Waals surface area (Å²) >= 11 is 5.96. The van der Waals surface area contributed by atoms with Gasteiger partial charge < -0.3 is 4.74 Å². The molecule has 0 aliphatic carbocycles. The minimum atomic E-state index is 0.728. The van der Waals surface area contributed by atoms with Crippen molar-refractivity contribution in [3.8, 4) is 28.7 Å². The quantitative estimate of drug-likeness (QED) is 0.417. The Morgan fingerprint density at radius 3 is 2.31 bits per heavy atom. The summed E-state index contributed by atoms with van der Waals surface area (Å²) in [6.07, 6.45) is 5.80. The first-order valence-corrected chi connectivity index (χ1v) is 11.8. The van der Waals surface area contributed by atoms with Gasteiger partial charge in [0, 0.05) is 28.9 Å². The molecule has 164 valence electrons. The van der Waals surface area contributed by atoms with Gasteiger partial charge in [-0.1, -0.05) is 49.1 Å². The smallest absolute Gasteiger partial charge is 0.119 e. The van der Waals surface area contributed by atoms with Crippen LogP contribution in [0.25, 0.3) is 11.1 Å². The molecule has 3 nitrogen and oxygen atoms in total. The summed E-state index contributed by atoms with van der Waals surface area (Å²) in [5, 5.41) is 0.729. The maximum Gasteiger partial charge on any atom is 0.119 e. The molecule has 1 aliphatic rings. The second kappa shape index (κ2) is 11.2. The molecule has 2 aromatic carbocycles. The van der Waals surface area contributed by atoms with Crippen molar-refractivity contribution in [2.45, 2.75) is 26.2 Å². The maximum absolute atomic E-state index is 5.96. The molecule has 3 aromatic rings. The molecule has 2 heterocycles. The van der Waals surface area contributed by atoms with Gasteiger partial charge in [0.15, 0.2) is 0 Å². The van der Waals surface area contributed by atoms with E-state index in [0.717, 1.165) is 52.2 Å². The highest BCUT2D eigenvalue weighted by Gasteiger charge is 2.17. The number of hydrogen-bond acceptors (Lipinski definition) is 3. The van der Waals surface area contributed by atoms with Gasteiger partial charge in [0.25, 0.3) is 0 Å². The number of ether oxygens (including phenoxy) is 1. The average Bonchev–Trinajstić information content (AvgIpc) is 2.85. The summed E-state index contributed by atoms with van der Waals surface area (Å²) < 4.78 is 5.93. The number of aromatic nitrogens is 1. The molecule has 0 radical (unpaired) electrons. The molecule has 0 amide bonds. The standard InChI is InChI=1S/C28H29ClN2O/c1-2-22-15-17-31(18-16-22)19-20-32-28-13-4-23(5-14-28)3-11-27-12-8-25(21-30-27)24-6-9-26(29)10-7-24/h4-10,12-14,21-22H,2,15-20H2,1H3. The zero-order valence-corrected chi connectivity index (χ0v) is 19.3. The molecule has 1 saturated heterocycles. The molecule has 0 spiro atoms. The van der Waals surface area contributed by atoms with E-state index >= 15 is 0 Å². The summed E-state index contributed by atoms with van der Waals surface area (Å²) in [4.78, 5) is 6.98. The molecule has 0 bridgehead atoms. The monoisotopic (exact) mass is 444 g/mol. The zero-order valence-electron chi connectivity index (χ0n) is 18.6. The lowest BCUT2D eigenvalue weighted by molar-refractivity contribution is 0.153. The SMILES string of the molecule is CCC1CCN(CCOc2ccc(C#Cc3ccc(-c4ccc(Cl)cc4)cn3)cc2)CC1. The molecule has 1 aromatic heterocycles. The minimum absolute atomic E-state index is 0.728.